The standard InChI is InChI=1S/C12H16N2O/c15-9-10-3-4-12(6-10)14-8-11-2-1-5-13-7-11/h1-5,7,10,12,14-15H,6,8-9H2/t10-,12+/m0/s1. The Morgan fingerprint density at radius 1 is 1.47 bits per heavy atom. The highest BCUT2D eigenvalue weighted by atomic mass is 16.3. The van der Waals surface area contributed by atoms with E-state index >= 15 is 0 Å². The number of pyridine rings is 1. The Morgan fingerprint density at radius 3 is 3.07 bits per heavy atom. The van der Waals surface area contributed by atoms with E-state index in [-0.39, 0.29) is 6.61 Å². The van der Waals surface area contributed by atoms with Gasteiger partial charge in [0.05, 0.1) is 0 Å². The minimum Gasteiger partial charge on any atom is -0.396 e. The molecule has 80 valence electrons. The van der Waals surface area contributed by atoms with Crippen molar-refractivity contribution >= 4 is 0 Å². The van der Waals surface area contributed by atoms with Gasteiger partial charge in [0.2, 0.25) is 0 Å². The Bertz CT molecular complexity index is 324. The molecular formula is C12H16N2O. The van der Waals surface area contributed by atoms with E-state index in [1.165, 1.54) is 5.56 Å². The summed E-state index contributed by atoms with van der Waals surface area (Å²) in [6.45, 7) is 1.09. The molecule has 2 rings (SSSR count). The zero-order valence-corrected chi connectivity index (χ0v) is 8.63. The summed E-state index contributed by atoms with van der Waals surface area (Å²) in [5.74, 6) is 0.330. The predicted molar refractivity (Wildman–Crippen MR) is 59.2 cm³/mol. The number of hydrogen-bond donors (Lipinski definition) is 2. The molecule has 3 heteroatoms. The van der Waals surface area contributed by atoms with Crippen molar-refractivity contribution in [3.63, 3.8) is 0 Å². The Balaban J connectivity index is 1.78. The van der Waals surface area contributed by atoms with Crippen LogP contribution in [-0.2, 0) is 6.54 Å². The third-order valence-corrected chi connectivity index (χ3v) is 2.70. The lowest BCUT2D eigenvalue weighted by molar-refractivity contribution is 0.246. The van der Waals surface area contributed by atoms with Crippen LogP contribution in [0.25, 0.3) is 0 Å². The van der Waals surface area contributed by atoms with E-state index < -0.39 is 0 Å². The fraction of sp³-hybridized carbons (Fsp3) is 0.417. The normalized spacial score (nSPS) is 24.6. The van der Waals surface area contributed by atoms with Crippen molar-refractivity contribution in [1.82, 2.24) is 10.3 Å². The molecule has 0 aliphatic heterocycles. The number of aliphatic hydroxyl groups is 1. The van der Waals surface area contributed by atoms with E-state index in [9.17, 15) is 0 Å². The summed E-state index contributed by atoms with van der Waals surface area (Å²) in [5, 5.41) is 12.4. The number of nitrogens with zero attached hydrogens (tertiary/aromatic N) is 1. The number of aromatic nitrogens is 1. The zero-order valence-electron chi connectivity index (χ0n) is 8.63. The van der Waals surface area contributed by atoms with E-state index in [0.717, 1.165) is 13.0 Å². The first-order valence-corrected chi connectivity index (χ1v) is 5.30. The molecule has 1 aliphatic carbocycles. The molecule has 1 aromatic rings. The topological polar surface area (TPSA) is 45.1 Å². The Kier molecular flexibility index (Phi) is 3.48. The number of aliphatic hydroxyl groups excluding tert-OH is 1. The molecule has 1 aromatic heterocycles. The molecule has 1 aliphatic rings. The summed E-state index contributed by atoms with van der Waals surface area (Å²) < 4.78 is 0. The maximum absolute atomic E-state index is 8.98. The minimum absolute atomic E-state index is 0.252. The third-order valence-electron chi connectivity index (χ3n) is 2.70. The molecule has 0 aromatic carbocycles. The van der Waals surface area contributed by atoms with Crippen LogP contribution >= 0.6 is 0 Å². The number of rotatable bonds is 4. The van der Waals surface area contributed by atoms with Gasteiger partial charge in [0.1, 0.15) is 0 Å². The van der Waals surface area contributed by atoms with Crippen molar-refractivity contribution in [2.24, 2.45) is 5.92 Å². The lowest BCUT2D eigenvalue weighted by atomic mass is 10.1. The average molecular weight is 204 g/mol. The van der Waals surface area contributed by atoms with Gasteiger partial charge in [-0.3, -0.25) is 4.98 Å². The molecule has 0 saturated heterocycles. The summed E-state index contributed by atoms with van der Waals surface area (Å²) in [6.07, 6.45) is 8.87. The van der Waals surface area contributed by atoms with Crippen LogP contribution in [0.1, 0.15) is 12.0 Å². The lowest BCUT2D eigenvalue weighted by Crippen LogP contribution is -2.26. The molecule has 0 fully saturated rings. The molecule has 0 saturated carbocycles. The van der Waals surface area contributed by atoms with Crippen LogP contribution in [0.5, 0.6) is 0 Å². The second-order valence-electron chi connectivity index (χ2n) is 3.91. The van der Waals surface area contributed by atoms with Gasteiger partial charge in [-0.15, -0.1) is 0 Å². The highest BCUT2D eigenvalue weighted by Crippen LogP contribution is 2.17. The Labute approximate surface area is 89.9 Å². The molecule has 0 bridgehead atoms. The van der Waals surface area contributed by atoms with Crippen molar-refractivity contribution in [2.75, 3.05) is 6.61 Å². The van der Waals surface area contributed by atoms with E-state index in [4.69, 9.17) is 5.11 Å². The summed E-state index contributed by atoms with van der Waals surface area (Å²) in [5.41, 5.74) is 1.19. The van der Waals surface area contributed by atoms with Gasteiger partial charge in [0.25, 0.3) is 0 Å². The van der Waals surface area contributed by atoms with Crippen molar-refractivity contribution in [2.45, 2.75) is 19.0 Å². The fourth-order valence-electron chi connectivity index (χ4n) is 1.81. The molecule has 2 N–H and O–H groups in total. The summed E-state index contributed by atoms with van der Waals surface area (Å²) >= 11 is 0. The van der Waals surface area contributed by atoms with E-state index in [1.807, 2.05) is 12.3 Å². The summed E-state index contributed by atoms with van der Waals surface area (Å²) in [4.78, 5) is 4.06. The molecule has 0 spiro atoms. The van der Waals surface area contributed by atoms with Crippen LogP contribution in [-0.4, -0.2) is 22.7 Å². The van der Waals surface area contributed by atoms with E-state index in [2.05, 4.69) is 28.5 Å². The smallest absolute Gasteiger partial charge is 0.0494 e. The third kappa shape index (κ3) is 2.88. The van der Waals surface area contributed by atoms with Crippen LogP contribution < -0.4 is 5.32 Å². The van der Waals surface area contributed by atoms with Gasteiger partial charge < -0.3 is 10.4 Å². The Morgan fingerprint density at radius 2 is 2.40 bits per heavy atom. The molecule has 3 nitrogen and oxygen atoms in total. The van der Waals surface area contributed by atoms with Crippen LogP contribution in [0.4, 0.5) is 0 Å². The number of hydrogen-bond acceptors (Lipinski definition) is 3. The van der Waals surface area contributed by atoms with Crippen LogP contribution in [0.3, 0.4) is 0 Å². The first kappa shape index (κ1) is 10.3. The van der Waals surface area contributed by atoms with Gasteiger partial charge in [-0.05, 0) is 18.1 Å². The molecule has 0 unspecified atom stereocenters. The first-order chi connectivity index (χ1) is 7.38. The van der Waals surface area contributed by atoms with Crippen molar-refractivity contribution in [3.8, 4) is 0 Å². The SMILES string of the molecule is OC[C@H]1C=C[C@@H](NCc2cccnc2)C1. The quantitative estimate of drug-likeness (QED) is 0.722. The maximum atomic E-state index is 8.98. The Hall–Kier alpha value is -1.19. The van der Waals surface area contributed by atoms with E-state index in [0.29, 0.717) is 12.0 Å². The van der Waals surface area contributed by atoms with Gasteiger partial charge in [0, 0.05) is 37.5 Å². The maximum Gasteiger partial charge on any atom is 0.0494 e. The average Bonchev–Trinajstić information content (AvgIpc) is 2.76. The van der Waals surface area contributed by atoms with Crippen molar-refractivity contribution in [3.05, 3.63) is 42.2 Å². The fourth-order valence-corrected chi connectivity index (χ4v) is 1.81. The first-order valence-electron chi connectivity index (χ1n) is 5.30. The molecular weight excluding hydrogens is 188 g/mol. The predicted octanol–water partition coefficient (Wildman–Crippen LogP) is 1.11. The van der Waals surface area contributed by atoms with Crippen LogP contribution in [0.15, 0.2) is 36.7 Å². The molecule has 0 radical (unpaired) electrons. The van der Waals surface area contributed by atoms with Gasteiger partial charge in [-0.1, -0.05) is 18.2 Å². The molecule has 0 amide bonds. The summed E-state index contributed by atoms with van der Waals surface area (Å²) in [7, 11) is 0. The van der Waals surface area contributed by atoms with Crippen molar-refractivity contribution in [1.29, 1.82) is 0 Å². The molecule has 15 heavy (non-hydrogen) atoms. The second-order valence-corrected chi connectivity index (χ2v) is 3.91. The van der Waals surface area contributed by atoms with Gasteiger partial charge in [0.15, 0.2) is 0 Å². The van der Waals surface area contributed by atoms with Crippen LogP contribution in [0.2, 0.25) is 0 Å². The van der Waals surface area contributed by atoms with E-state index in [1.54, 1.807) is 6.20 Å². The lowest BCUT2D eigenvalue weighted by Gasteiger charge is -2.12. The minimum atomic E-state index is 0.252. The van der Waals surface area contributed by atoms with Gasteiger partial charge in [-0.25, -0.2) is 0 Å². The zero-order chi connectivity index (χ0) is 10.5. The van der Waals surface area contributed by atoms with Gasteiger partial charge >= 0.3 is 0 Å². The number of nitrogens with one attached hydrogen (secondary N) is 1. The van der Waals surface area contributed by atoms with Gasteiger partial charge in [-0.2, -0.15) is 0 Å². The highest BCUT2D eigenvalue weighted by molar-refractivity contribution is 5.10. The molecule has 2 atom stereocenters. The highest BCUT2D eigenvalue weighted by Gasteiger charge is 2.16. The monoisotopic (exact) mass is 204 g/mol. The molecule has 1 heterocycles. The van der Waals surface area contributed by atoms with Crippen molar-refractivity contribution < 1.29 is 5.11 Å². The largest absolute Gasteiger partial charge is 0.396 e. The second kappa shape index (κ2) is 5.05. The summed E-state index contributed by atoms with van der Waals surface area (Å²) in [6, 6.07) is 4.39. The van der Waals surface area contributed by atoms with Crippen LogP contribution in [0, 0.1) is 5.92 Å².